The lowest BCUT2D eigenvalue weighted by atomic mass is 10.2. The van der Waals surface area contributed by atoms with Crippen LogP contribution >= 0.6 is 11.6 Å². The van der Waals surface area contributed by atoms with Crippen molar-refractivity contribution in [2.45, 2.75) is 25.4 Å². The van der Waals surface area contributed by atoms with Gasteiger partial charge in [0.25, 0.3) is 0 Å². The number of likely N-dealkylation sites (tertiary alicyclic amines) is 1. The van der Waals surface area contributed by atoms with E-state index < -0.39 is 0 Å². The number of hydrogen-bond donors (Lipinski definition) is 2. The Morgan fingerprint density at radius 1 is 1.53 bits per heavy atom. The molecule has 0 radical (unpaired) electrons. The van der Waals surface area contributed by atoms with E-state index in [-0.39, 0.29) is 5.75 Å². The Hall–Kier alpha value is -0.770. The Morgan fingerprint density at radius 3 is 3.06 bits per heavy atom. The summed E-state index contributed by atoms with van der Waals surface area (Å²) in [4.78, 5) is 2.38. The van der Waals surface area contributed by atoms with Crippen molar-refractivity contribution in [3.63, 3.8) is 0 Å². The van der Waals surface area contributed by atoms with E-state index in [1.807, 2.05) is 12.1 Å². The number of aromatic hydroxyl groups is 1. The minimum absolute atomic E-state index is 0.196. The van der Waals surface area contributed by atoms with Crippen LogP contribution < -0.4 is 5.32 Å². The molecule has 0 spiro atoms. The Bertz CT molecular complexity index is 384. The van der Waals surface area contributed by atoms with Crippen LogP contribution in [0.15, 0.2) is 18.2 Å². The molecule has 1 aliphatic heterocycles. The van der Waals surface area contributed by atoms with Crippen molar-refractivity contribution >= 4 is 11.6 Å². The minimum Gasteiger partial charge on any atom is -0.506 e. The van der Waals surface area contributed by atoms with Gasteiger partial charge in [-0.1, -0.05) is 23.7 Å². The standard InChI is InChI=1S/C13H19ClN2O/c1-16-7-3-5-11(16)9-15-8-10-4-2-6-12(14)13(10)17/h2,4,6,11,15,17H,3,5,7-9H2,1H3. The SMILES string of the molecule is CN1CCCC1CNCc1cccc(Cl)c1O. The first kappa shape index (κ1) is 12.7. The van der Waals surface area contributed by atoms with E-state index in [0.29, 0.717) is 17.6 Å². The number of benzene rings is 1. The Balaban J connectivity index is 1.84. The molecule has 17 heavy (non-hydrogen) atoms. The van der Waals surface area contributed by atoms with Crippen molar-refractivity contribution < 1.29 is 5.11 Å². The number of nitrogens with one attached hydrogen (secondary N) is 1. The first-order valence-electron chi connectivity index (χ1n) is 6.06. The van der Waals surface area contributed by atoms with Crippen LogP contribution in [-0.4, -0.2) is 36.2 Å². The van der Waals surface area contributed by atoms with Gasteiger partial charge in [0.2, 0.25) is 0 Å². The number of phenolic OH excluding ortho intramolecular Hbond substituents is 1. The van der Waals surface area contributed by atoms with E-state index in [0.717, 1.165) is 12.1 Å². The summed E-state index contributed by atoms with van der Waals surface area (Å²) in [5, 5.41) is 13.6. The van der Waals surface area contributed by atoms with Crippen molar-refractivity contribution in [2.75, 3.05) is 20.1 Å². The van der Waals surface area contributed by atoms with E-state index in [2.05, 4.69) is 17.3 Å². The molecular formula is C13H19ClN2O. The van der Waals surface area contributed by atoms with Gasteiger partial charge in [-0.05, 0) is 32.5 Å². The largest absolute Gasteiger partial charge is 0.506 e. The highest BCUT2D eigenvalue weighted by Crippen LogP contribution is 2.26. The van der Waals surface area contributed by atoms with Crippen LogP contribution in [0.2, 0.25) is 5.02 Å². The highest BCUT2D eigenvalue weighted by Gasteiger charge is 2.20. The molecule has 1 saturated heterocycles. The fraction of sp³-hybridized carbons (Fsp3) is 0.538. The number of para-hydroxylation sites is 1. The molecule has 3 nitrogen and oxygen atoms in total. The predicted octanol–water partition coefficient (Wildman–Crippen LogP) is 2.23. The fourth-order valence-corrected chi connectivity index (χ4v) is 2.51. The monoisotopic (exact) mass is 254 g/mol. The number of likely N-dealkylation sites (N-methyl/N-ethyl adjacent to an activating group) is 1. The molecule has 4 heteroatoms. The fourth-order valence-electron chi connectivity index (χ4n) is 2.31. The molecule has 0 bridgehead atoms. The van der Waals surface area contributed by atoms with Gasteiger partial charge in [0.15, 0.2) is 0 Å². The Kier molecular flexibility index (Phi) is 4.26. The van der Waals surface area contributed by atoms with Gasteiger partial charge in [-0.3, -0.25) is 0 Å². The number of hydrogen-bond acceptors (Lipinski definition) is 3. The molecule has 0 aromatic heterocycles. The lowest BCUT2D eigenvalue weighted by molar-refractivity contribution is 0.300. The lowest BCUT2D eigenvalue weighted by Gasteiger charge is -2.19. The second-order valence-corrected chi connectivity index (χ2v) is 5.06. The molecule has 1 aliphatic rings. The molecule has 1 unspecified atom stereocenters. The maximum Gasteiger partial charge on any atom is 0.138 e. The number of halogens is 1. The van der Waals surface area contributed by atoms with Gasteiger partial charge in [-0.2, -0.15) is 0 Å². The zero-order valence-electron chi connectivity index (χ0n) is 10.1. The summed E-state index contributed by atoms with van der Waals surface area (Å²) in [5.41, 5.74) is 0.859. The summed E-state index contributed by atoms with van der Waals surface area (Å²) in [5.74, 6) is 0.196. The minimum atomic E-state index is 0.196. The van der Waals surface area contributed by atoms with Crippen molar-refractivity contribution in [1.29, 1.82) is 0 Å². The highest BCUT2D eigenvalue weighted by molar-refractivity contribution is 6.32. The third-order valence-electron chi connectivity index (χ3n) is 3.44. The van der Waals surface area contributed by atoms with Crippen molar-refractivity contribution in [1.82, 2.24) is 10.2 Å². The maximum absolute atomic E-state index is 9.76. The summed E-state index contributed by atoms with van der Waals surface area (Å²) in [6, 6.07) is 6.08. The molecule has 1 heterocycles. The van der Waals surface area contributed by atoms with E-state index in [1.165, 1.54) is 19.4 Å². The first-order valence-corrected chi connectivity index (χ1v) is 6.43. The molecule has 0 amide bonds. The van der Waals surface area contributed by atoms with Crippen LogP contribution in [0.4, 0.5) is 0 Å². The summed E-state index contributed by atoms with van der Waals surface area (Å²) < 4.78 is 0. The molecule has 1 aromatic rings. The van der Waals surface area contributed by atoms with Crippen LogP contribution in [-0.2, 0) is 6.54 Å². The quantitative estimate of drug-likeness (QED) is 0.865. The number of phenols is 1. The van der Waals surface area contributed by atoms with E-state index in [4.69, 9.17) is 11.6 Å². The molecule has 1 fully saturated rings. The van der Waals surface area contributed by atoms with Gasteiger partial charge in [0.1, 0.15) is 5.75 Å². The third kappa shape index (κ3) is 3.12. The van der Waals surface area contributed by atoms with Crippen LogP contribution in [0.5, 0.6) is 5.75 Å². The average molecular weight is 255 g/mol. The van der Waals surface area contributed by atoms with E-state index in [9.17, 15) is 5.11 Å². The average Bonchev–Trinajstić information content (AvgIpc) is 2.71. The van der Waals surface area contributed by atoms with Gasteiger partial charge in [0, 0.05) is 24.7 Å². The Morgan fingerprint density at radius 2 is 2.35 bits per heavy atom. The van der Waals surface area contributed by atoms with Gasteiger partial charge < -0.3 is 15.3 Å². The first-order chi connectivity index (χ1) is 8.18. The third-order valence-corrected chi connectivity index (χ3v) is 3.74. The van der Waals surface area contributed by atoms with Gasteiger partial charge >= 0.3 is 0 Å². The predicted molar refractivity (Wildman–Crippen MR) is 70.5 cm³/mol. The van der Waals surface area contributed by atoms with E-state index in [1.54, 1.807) is 6.07 Å². The Labute approximate surface area is 107 Å². The van der Waals surface area contributed by atoms with Gasteiger partial charge in [-0.15, -0.1) is 0 Å². The van der Waals surface area contributed by atoms with Crippen LogP contribution in [0.1, 0.15) is 18.4 Å². The lowest BCUT2D eigenvalue weighted by Crippen LogP contribution is -2.35. The topological polar surface area (TPSA) is 35.5 Å². The molecule has 0 aliphatic carbocycles. The van der Waals surface area contributed by atoms with Crippen LogP contribution in [0, 0.1) is 0 Å². The van der Waals surface area contributed by atoms with Crippen LogP contribution in [0.25, 0.3) is 0 Å². The summed E-state index contributed by atoms with van der Waals surface area (Å²) in [6.07, 6.45) is 2.54. The smallest absolute Gasteiger partial charge is 0.138 e. The molecule has 94 valence electrons. The van der Waals surface area contributed by atoms with Crippen LogP contribution in [0.3, 0.4) is 0 Å². The van der Waals surface area contributed by atoms with Gasteiger partial charge in [0.05, 0.1) is 5.02 Å². The number of nitrogens with zero attached hydrogens (tertiary/aromatic N) is 1. The normalized spacial score (nSPS) is 20.9. The molecule has 2 N–H and O–H groups in total. The molecule has 0 saturated carbocycles. The second kappa shape index (κ2) is 5.71. The molecule has 2 rings (SSSR count). The summed E-state index contributed by atoms with van der Waals surface area (Å²) >= 11 is 5.86. The maximum atomic E-state index is 9.76. The zero-order chi connectivity index (χ0) is 12.3. The van der Waals surface area contributed by atoms with E-state index >= 15 is 0 Å². The van der Waals surface area contributed by atoms with Crippen molar-refractivity contribution in [3.8, 4) is 5.75 Å². The van der Waals surface area contributed by atoms with Crippen molar-refractivity contribution in [2.24, 2.45) is 0 Å². The summed E-state index contributed by atoms with van der Waals surface area (Å²) in [7, 11) is 2.16. The zero-order valence-corrected chi connectivity index (χ0v) is 10.9. The molecule has 1 aromatic carbocycles. The highest BCUT2D eigenvalue weighted by atomic mass is 35.5. The molecular weight excluding hydrogens is 236 g/mol. The second-order valence-electron chi connectivity index (χ2n) is 4.66. The van der Waals surface area contributed by atoms with Crippen molar-refractivity contribution in [3.05, 3.63) is 28.8 Å². The number of rotatable bonds is 4. The molecule has 1 atom stereocenters. The summed E-state index contributed by atoms with van der Waals surface area (Å²) in [6.45, 7) is 2.81. The van der Waals surface area contributed by atoms with Gasteiger partial charge in [-0.25, -0.2) is 0 Å².